The third-order valence-corrected chi connectivity index (χ3v) is 2.99. The molecule has 0 aromatic heterocycles. The molecule has 2 atom stereocenters. The molecule has 0 radical (unpaired) electrons. The summed E-state index contributed by atoms with van der Waals surface area (Å²) in [6, 6.07) is 0.136. The summed E-state index contributed by atoms with van der Waals surface area (Å²) in [5, 5.41) is 2.82. The van der Waals surface area contributed by atoms with Gasteiger partial charge in [0, 0.05) is 19.6 Å². The maximum atomic E-state index is 11.1. The molecule has 3 nitrogen and oxygen atoms in total. The molecule has 0 unspecified atom stereocenters. The van der Waals surface area contributed by atoms with Gasteiger partial charge in [0.15, 0.2) is 0 Å². The highest BCUT2D eigenvalue weighted by atomic mass is 16.2. The molecule has 1 aliphatic carbocycles. The van der Waals surface area contributed by atoms with Crippen LogP contribution in [0.4, 0.5) is 4.79 Å². The zero-order chi connectivity index (χ0) is 8.55. The van der Waals surface area contributed by atoms with E-state index in [2.05, 4.69) is 12.2 Å². The van der Waals surface area contributed by atoms with Crippen molar-refractivity contribution in [3.05, 3.63) is 0 Å². The quantitative estimate of drug-likeness (QED) is 0.671. The van der Waals surface area contributed by atoms with Crippen molar-refractivity contribution in [2.45, 2.75) is 19.8 Å². The molecule has 0 aromatic rings. The van der Waals surface area contributed by atoms with Gasteiger partial charge < -0.3 is 10.2 Å². The average Bonchev–Trinajstić information content (AvgIpc) is 2.70. The standard InChI is InChI=1S/C9H16N2O/c1-2-7-5-8(7)6-11-4-3-10-9(11)12/h7-8H,2-6H2,1H3,(H,10,12)/t7-,8+/m1/s1. The zero-order valence-corrected chi connectivity index (χ0v) is 7.55. The van der Waals surface area contributed by atoms with Crippen molar-refractivity contribution in [2.75, 3.05) is 19.6 Å². The van der Waals surface area contributed by atoms with Crippen LogP contribution in [0.15, 0.2) is 0 Å². The maximum Gasteiger partial charge on any atom is 0.317 e. The summed E-state index contributed by atoms with van der Waals surface area (Å²) in [6.07, 6.45) is 2.61. The first-order chi connectivity index (χ1) is 5.81. The fourth-order valence-corrected chi connectivity index (χ4v) is 2.00. The minimum atomic E-state index is 0.136. The van der Waals surface area contributed by atoms with Gasteiger partial charge >= 0.3 is 6.03 Å². The normalized spacial score (nSPS) is 33.8. The van der Waals surface area contributed by atoms with E-state index in [0.717, 1.165) is 31.5 Å². The summed E-state index contributed by atoms with van der Waals surface area (Å²) < 4.78 is 0. The Bertz CT molecular complexity index is 193. The SMILES string of the molecule is CC[C@@H]1C[C@H]1CN1CCNC1=O. The summed E-state index contributed by atoms with van der Waals surface area (Å²) in [5.74, 6) is 1.71. The van der Waals surface area contributed by atoms with Gasteiger partial charge in [0.05, 0.1) is 0 Å². The average molecular weight is 168 g/mol. The number of amides is 2. The molecule has 0 spiro atoms. The number of urea groups is 1. The van der Waals surface area contributed by atoms with Gasteiger partial charge in [0.1, 0.15) is 0 Å². The Morgan fingerprint density at radius 2 is 2.42 bits per heavy atom. The van der Waals surface area contributed by atoms with Gasteiger partial charge in [-0.15, -0.1) is 0 Å². The summed E-state index contributed by atoms with van der Waals surface area (Å²) in [5.41, 5.74) is 0. The van der Waals surface area contributed by atoms with Crippen molar-refractivity contribution in [3.8, 4) is 0 Å². The Kier molecular flexibility index (Phi) is 1.95. The smallest absolute Gasteiger partial charge is 0.317 e. The van der Waals surface area contributed by atoms with Crippen molar-refractivity contribution in [3.63, 3.8) is 0 Å². The molecule has 2 aliphatic rings. The second-order valence-electron chi connectivity index (χ2n) is 3.84. The zero-order valence-electron chi connectivity index (χ0n) is 7.55. The van der Waals surface area contributed by atoms with Gasteiger partial charge in [-0.05, 0) is 18.3 Å². The van der Waals surface area contributed by atoms with Gasteiger partial charge in [0.2, 0.25) is 0 Å². The van der Waals surface area contributed by atoms with Gasteiger partial charge in [-0.3, -0.25) is 0 Å². The van der Waals surface area contributed by atoms with E-state index in [1.54, 1.807) is 0 Å². The lowest BCUT2D eigenvalue weighted by atomic mass is 10.2. The highest BCUT2D eigenvalue weighted by molar-refractivity contribution is 5.76. The number of rotatable bonds is 3. The molecule has 1 aliphatic heterocycles. The number of hydrogen-bond donors (Lipinski definition) is 1. The Hall–Kier alpha value is -0.730. The predicted octanol–water partition coefficient (Wildman–Crippen LogP) is 1.06. The molecule has 3 heteroatoms. The van der Waals surface area contributed by atoms with Crippen LogP contribution in [-0.4, -0.2) is 30.6 Å². The molecule has 2 amide bonds. The first kappa shape index (κ1) is 7.90. The first-order valence-electron chi connectivity index (χ1n) is 4.84. The maximum absolute atomic E-state index is 11.1. The Morgan fingerprint density at radius 3 is 2.92 bits per heavy atom. The highest BCUT2D eigenvalue weighted by Gasteiger charge is 2.38. The first-order valence-corrected chi connectivity index (χ1v) is 4.84. The molecule has 1 heterocycles. The van der Waals surface area contributed by atoms with E-state index in [9.17, 15) is 4.79 Å². The number of carbonyl (C=O) groups excluding carboxylic acids is 1. The van der Waals surface area contributed by atoms with E-state index < -0.39 is 0 Å². The fraction of sp³-hybridized carbons (Fsp3) is 0.889. The molecule has 0 bridgehead atoms. The van der Waals surface area contributed by atoms with Crippen LogP contribution in [0.1, 0.15) is 19.8 Å². The van der Waals surface area contributed by atoms with E-state index in [0.29, 0.717) is 0 Å². The van der Waals surface area contributed by atoms with Crippen molar-refractivity contribution < 1.29 is 4.79 Å². The lowest BCUT2D eigenvalue weighted by Gasteiger charge is -2.12. The minimum Gasteiger partial charge on any atom is -0.336 e. The van der Waals surface area contributed by atoms with Crippen molar-refractivity contribution in [2.24, 2.45) is 11.8 Å². The van der Waals surface area contributed by atoms with E-state index in [-0.39, 0.29) is 6.03 Å². The Labute approximate surface area is 73.1 Å². The molecule has 68 valence electrons. The summed E-state index contributed by atoms with van der Waals surface area (Å²) >= 11 is 0. The monoisotopic (exact) mass is 168 g/mol. The fourth-order valence-electron chi connectivity index (χ4n) is 2.00. The Morgan fingerprint density at radius 1 is 1.58 bits per heavy atom. The van der Waals surface area contributed by atoms with Gasteiger partial charge in [-0.2, -0.15) is 0 Å². The van der Waals surface area contributed by atoms with Crippen LogP contribution in [0.5, 0.6) is 0 Å². The number of nitrogens with one attached hydrogen (secondary N) is 1. The van der Waals surface area contributed by atoms with Gasteiger partial charge in [-0.25, -0.2) is 4.79 Å². The Balaban J connectivity index is 1.77. The van der Waals surface area contributed by atoms with Crippen LogP contribution in [0.2, 0.25) is 0 Å². The third-order valence-electron chi connectivity index (χ3n) is 2.99. The molecule has 1 N–H and O–H groups in total. The van der Waals surface area contributed by atoms with Crippen LogP contribution < -0.4 is 5.32 Å². The van der Waals surface area contributed by atoms with Gasteiger partial charge in [-0.1, -0.05) is 13.3 Å². The van der Waals surface area contributed by atoms with Crippen molar-refractivity contribution in [1.82, 2.24) is 10.2 Å². The lowest BCUT2D eigenvalue weighted by Crippen LogP contribution is -2.30. The summed E-state index contributed by atoms with van der Waals surface area (Å²) in [7, 11) is 0. The van der Waals surface area contributed by atoms with Gasteiger partial charge in [0.25, 0.3) is 0 Å². The van der Waals surface area contributed by atoms with E-state index in [1.165, 1.54) is 12.8 Å². The second-order valence-corrected chi connectivity index (χ2v) is 3.84. The van der Waals surface area contributed by atoms with E-state index in [1.807, 2.05) is 4.90 Å². The third kappa shape index (κ3) is 1.40. The topological polar surface area (TPSA) is 32.3 Å². The molecule has 0 aromatic carbocycles. The number of carbonyl (C=O) groups is 1. The second kappa shape index (κ2) is 2.96. The predicted molar refractivity (Wildman–Crippen MR) is 46.9 cm³/mol. The molecular weight excluding hydrogens is 152 g/mol. The largest absolute Gasteiger partial charge is 0.336 e. The molecule has 12 heavy (non-hydrogen) atoms. The lowest BCUT2D eigenvalue weighted by molar-refractivity contribution is 0.214. The molecule has 1 saturated heterocycles. The number of hydrogen-bond acceptors (Lipinski definition) is 1. The van der Waals surface area contributed by atoms with Crippen LogP contribution in [0, 0.1) is 11.8 Å². The highest BCUT2D eigenvalue weighted by Crippen LogP contribution is 2.41. The minimum absolute atomic E-state index is 0.136. The van der Waals surface area contributed by atoms with Crippen LogP contribution in [0.3, 0.4) is 0 Å². The van der Waals surface area contributed by atoms with E-state index in [4.69, 9.17) is 0 Å². The van der Waals surface area contributed by atoms with E-state index >= 15 is 0 Å². The summed E-state index contributed by atoms with van der Waals surface area (Å²) in [4.78, 5) is 13.1. The van der Waals surface area contributed by atoms with Crippen molar-refractivity contribution >= 4 is 6.03 Å². The molecule has 1 saturated carbocycles. The van der Waals surface area contributed by atoms with Crippen LogP contribution in [0.25, 0.3) is 0 Å². The molecule has 2 rings (SSSR count). The van der Waals surface area contributed by atoms with Crippen LogP contribution >= 0.6 is 0 Å². The summed E-state index contributed by atoms with van der Waals surface area (Å²) in [6.45, 7) is 4.97. The number of nitrogens with zero attached hydrogens (tertiary/aromatic N) is 1. The van der Waals surface area contributed by atoms with Crippen LogP contribution in [-0.2, 0) is 0 Å². The molecular formula is C9H16N2O. The molecule has 2 fully saturated rings. The van der Waals surface area contributed by atoms with Crippen molar-refractivity contribution in [1.29, 1.82) is 0 Å².